The molecule has 1 aromatic carbocycles. The lowest BCUT2D eigenvalue weighted by Gasteiger charge is -2.56. The SMILES string of the molecule is CCOC(=O)[C@H](OC(C)C)[C@]1(O)C(=O)N(c2ccc(OC)cc2)[C@H]1C1COC(C)(C)O1. The van der Waals surface area contributed by atoms with Gasteiger partial charge in [0.25, 0.3) is 5.91 Å². The fourth-order valence-electron chi connectivity index (χ4n) is 4.01. The molecule has 0 bridgehead atoms. The predicted molar refractivity (Wildman–Crippen MR) is 111 cm³/mol. The van der Waals surface area contributed by atoms with Crippen LogP contribution in [-0.4, -0.2) is 73.0 Å². The van der Waals surface area contributed by atoms with Crippen LogP contribution in [0.15, 0.2) is 24.3 Å². The number of amides is 1. The van der Waals surface area contributed by atoms with Crippen LogP contribution < -0.4 is 9.64 Å². The third-order valence-corrected chi connectivity index (χ3v) is 5.33. The molecule has 2 saturated heterocycles. The number of hydrogen-bond donors (Lipinski definition) is 1. The highest BCUT2D eigenvalue weighted by atomic mass is 16.7. The van der Waals surface area contributed by atoms with Gasteiger partial charge in [-0.05, 0) is 58.9 Å². The number of aliphatic hydroxyl groups is 1. The molecule has 172 valence electrons. The molecule has 1 amide bonds. The van der Waals surface area contributed by atoms with Gasteiger partial charge in [0.05, 0.1) is 26.4 Å². The van der Waals surface area contributed by atoms with Gasteiger partial charge in [0.1, 0.15) is 17.9 Å². The molecule has 2 aliphatic heterocycles. The molecule has 9 nitrogen and oxygen atoms in total. The van der Waals surface area contributed by atoms with E-state index in [1.165, 1.54) is 4.90 Å². The molecule has 2 aliphatic rings. The van der Waals surface area contributed by atoms with Gasteiger partial charge >= 0.3 is 5.97 Å². The van der Waals surface area contributed by atoms with Crippen LogP contribution in [0.2, 0.25) is 0 Å². The summed E-state index contributed by atoms with van der Waals surface area (Å²) < 4.78 is 27.7. The van der Waals surface area contributed by atoms with Crippen molar-refractivity contribution >= 4 is 17.6 Å². The van der Waals surface area contributed by atoms with E-state index in [4.69, 9.17) is 23.7 Å². The van der Waals surface area contributed by atoms with Crippen LogP contribution in [0.4, 0.5) is 5.69 Å². The molecule has 1 aromatic rings. The minimum absolute atomic E-state index is 0.0873. The third kappa shape index (κ3) is 4.27. The standard InChI is InChI=1S/C22H31NO8/c1-7-28-19(24)18(30-13(2)3)22(26)17(16-12-29-21(4,5)31-16)23(20(22)25)14-8-10-15(27-6)11-9-14/h8-11,13,16-18,26H,7,12H2,1-6H3/t16?,17-,18-,22-/m0/s1. The highest BCUT2D eigenvalue weighted by molar-refractivity contribution is 6.11. The fraction of sp³-hybridized carbons (Fsp3) is 0.636. The van der Waals surface area contributed by atoms with E-state index in [1.54, 1.807) is 66.0 Å². The second-order valence-electron chi connectivity index (χ2n) is 8.33. The molecule has 2 heterocycles. The van der Waals surface area contributed by atoms with Crippen molar-refractivity contribution in [2.75, 3.05) is 25.2 Å². The quantitative estimate of drug-likeness (QED) is 0.484. The van der Waals surface area contributed by atoms with Gasteiger partial charge in [-0.15, -0.1) is 0 Å². The van der Waals surface area contributed by atoms with Crippen LogP contribution in [0.1, 0.15) is 34.6 Å². The zero-order valence-electron chi connectivity index (χ0n) is 18.8. The van der Waals surface area contributed by atoms with Gasteiger partial charge in [0.2, 0.25) is 5.60 Å². The maximum absolute atomic E-state index is 13.4. The van der Waals surface area contributed by atoms with E-state index < -0.39 is 47.6 Å². The zero-order chi connectivity index (χ0) is 23.0. The average Bonchev–Trinajstić information content (AvgIpc) is 3.08. The number of esters is 1. The Hall–Kier alpha value is -2.20. The Labute approximate surface area is 182 Å². The second-order valence-corrected chi connectivity index (χ2v) is 8.33. The molecule has 0 radical (unpaired) electrons. The molecule has 0 aliphatic carbocycles. The fourth-order valence-corrected chi connectivity index (χ4v) is 4.01. The largest absolute Gasteiger partial charge is 0.497 e. The van der Waals surface area contributed by atoms with Gasteiger partial charge in [-0.3, -0.25) is 4.79 Å². The Balaban J connectivity index is 2.02. The van der Waals surface area contributed by atoms with E-state index >= 15 is 0 Å². The van der Waals surface area contributed by atoms with E-state index in [-0.39, 0.29) is 13.2 Å². The van der Waals surface area contributed by atoms with Gasteiger partial charge in [-0.1, -0.05) is 0 Å². The summed E-state index contributed by atoms with van der Waals surface area (Å²) in [6.45, 7) is 8.80. The smallest absolute Gasteiger partial charge is 0.338 e. The van der Waals surface area contributed by atoms with E-state index in [2.05, 4.69) is 0 Å². The Kier molecular flexibility index (Phi) is 6.61. The highest BCUT2D eigenvalue weighted by Gasteiger charge is 2.71. The maximum Gasteiger partial charge on any atom is 0.338 e. The second kappa shape index (κ2) is 8.74. The van der Waals surface area contributed by atoms with Crippen molar-refractivity contribution in [3.8, 4) is 5.75 Å². The van der Waals surface area contributed by atoms with Crippen molar-refractivity contribution in [1.82, 2.24) is 0 Å². The first-order valence-corrected chi connectivity index (χ1v) is 10.4. The van der Waals surface area contributed by atoms with Crippen LogP contribution in [0.5, 0.6) is 5.75 Å². The Morgan fingerprint density at radius 3 is 2.42 bits per heavy atom. The first-order chi connectivity index (χ1) is 14.5. The van der Waals surface area contributed by atoms with Gasteiger partial charge in [0.15, 0.2) is 11.9 Å². The van der Waals surface area contributed by atoms with E-state index in [0.29, 0.717) is 11.4 Å². The summed E-state index contributed by atoms with van der Waals surface area (Å²) >= 11 is 0. The molecule has 0 saturated carbocycles. The number of ether oxygens (including phenoxy) is 5. The summed E-state index contributed by atoms with van der Waals surface area (Å²) in [7, 11) is 1.55. The molecule has 0 spiro atoms. The molecule has 1 N–H and O–H groups in total. The number of carbonyl (C=O) groups is 2. The maximum atomic E-state index is 13.4. The Morgan fingerprint density at radius 1 is 1.29 bits per heavy atom. The zero-order valence-corrected chi connectivity index (χ0v) is 18.8. The molecule has 2 fully saturated rings. The molecule has 31 heavy (non-hydrogen) atoms. The van der Waals surface area contributed by atoms with Crippen LogP contribution in [0, 0.1) is 0 Å². The summed E-state index contributed by atoms with van der Waals surface area (Å²) in [5.41, 5.74) is -1.65. The van der Waals surface area contributed by atoms with Gasteiger partial charge in [-0.25, -0.2) is 4.79 Å². The van der Waals surface area contributed by atoms with E-state index in [1.807, 2.05) is 0 Å². The molecule has 0 aromatic heterocycles. The van der Waals surface area contributed by atoms with Crippen molar-refractivity contribution < 1.29 is 38.4 Å². The normalized spacial score (nSPS) is 28.4. The predicted octanol–water partition coefficient (Wildman–Crippen LogP) is 1.65. The third-order valence-electron chi connectivity index (χ3n) is 5.33. The topological polar surface area (TPSA) is 104 Å². The highest BCUT2D eigenvalue weighted by Crippen LogP contribution is 2.45. The van der Waals surface area contributed by atoms with Crippen molar-refractivity contribution in [3.63, 3.8) is 0 Å². The van der Waals surface area contributed by atoms with Gasteiger partial charge < -0.3 is 33.7 Å². The molecule has 3 rings (SSSR count). The number of methoxy groups -OCH3 is 1. The first-order valence-electron chi connectivity index (χ1n) is 10.4. The lowest BCUT2D eigenvalue weighted by atomic mass is 9.74. The molecular formula is C22H31NO8. The summed E-state index contributed by atoms with van der Waals surface area (Å²) in [5, 5.41) is 11.6. The Bertz CT molecular complexity index is 808. The van der Waals surface area contributed by atoms with Gasteiger partial charge in [0, 0.05) is 5.69 Å². The van der Waals surface area contributed by atoms with Gasteiger partial charge in [-0.2, -0.15) is 0 Å². The molecule has 4 atom stereocenters. The minimum atomic E-state index is -2.18. The van der Waals surface area contributed by atoms with E-state index in [0.717, 1.165) is 0 Å². The molecular weight excluding hydrogens is 406 g/mol. The summed E-state index contributed by atoms with van der Waals surface area (Å²) in [6.07, 6.45) is -2.63. The van der Waals surface area contributed by atoms with Crippen molar-refractivity contribution in [2.24, 2.45) is 0 Å². The number of rotatable bonds is 8. The van der Waals surface area contributed by atoms with E-state index in [9.17, 15) is 14.7 Å². The number of β-lactam (4-membered cyclic amide) rings is 1. The number of nitrogens with zero attached hydrogens (tertiary/aromatic N) is 1. The number of anilines is 1. The molecule has 1 unspecified atom stereocenters. The monoisotopic (exact) mass is 437 g/mol. The minimum Gasteiger partial charge on any atom is -0.497 e. The summed E-state index contributed by atoms with van der Waals surface area (Å²) in [4.78, 5) is 27.5. The van der Waals surface area contributed by atoms with Crippen molar-refractivity contribution in [3.05, 3.63) is 24.3 Å². The number of benzene rings is 1. The van der Waals surface area contributed by atoms with Crippen molar-refractivity contribution in [1.29, 1.82) is 0 Å². The van der Waals surface area contributed by atoms with Crippen LogP contribution in [0.3, 0.4) is 0 Å². The Morgan fingerprint density at radius 2 is 1.94 bits per heavy atom. The molecule has 9 heteroatoms. The van der Waals surface area contributed by atoms with Crippen LogP contribution >= 0.6 is 0 Å². The average molecular weight is 437 g/mol. The number of carbonyl (C=O) groups excluding carboxylic acids is 2. The summed E-state index contributed by atoms with van der Waals surface area (Å²) in [6, 6.07) is 5.89. The lowest BCUT2D eigenvalue weighted by molar-refractivity contribution is -0.213. The van der Waals surface area contributed by atoms with Crippen molar-refractivity contribution in [2.45, 2.75) is 70.4 Å². The van der Waals surface area contributed by atoms with Crippen LogP contribution in [-0.2, 0) is 28.5 Å². The lowest BCUT2D eigenvalue weighted by Crippen LogP contribution is -2.83. The first kappa shape index (κ1) is 23.5. The number of hydrogen-bond acceptors (Lipinski definition) is 8. The summed E-state index contributed by atoms with van der Waals surface area (Å²) in [5.74, 6) is -1.74. The van der Waals surface area contributed by atoms with Crippen LogP contribution in [0.25, 0.3) is 0 Å².